The van der Waals surface area contributed by atoms with Crippen LogP contribution in [0.15, 0.2) is 12.3 Å². The van der Waals surface area contributed by atoms with Crippen LogP contribution in [0.25, 0.3) is 0 Å². The summed E-state index contributed by atoms with van der Waals surface area (Å²) in [6, 6.07) is 0. The zero-order valence-electron chi connectivity index (χ0n) is 6.00. The second-order valence-corrected chi connectivity index (χ2v) is 1.91. The van der Waals surface area contributed by atoms with E-state index in [2.05, 4.69) is 0 Å². The smallest absolute Gasteiger partial charge is 0.118 e. The molecule has 0 bridgehead atoms. The molecule has 0 aliphatic heterocycles. The Morgan fingerprint density at radius 1 is 1.67 bits per heavy atom. The minimum Gasteiger partial charge on any atom is -0.496 e. The highest BCUT2D eigenvalue weighted by Crippen LogP contribution is 1.89. The SMILES string of the molecule is CCC=COC(C)CO. The van der Waals surface area contributed by atoms with Crippen LogP contribution in [-0.2, 0) is 4.74 Å². The maximum absolute atomic E-state index is 8.48. The summed E-state index contributed by atoms with van der Waals surface area (Å²) < 4.78 is 5.00. The number of allylic oxidation sites excluding steroid dienone is 1. The standard InChI is InChI=1S/C7H14O2/c1-3-4-5-9-7(2)6-8/h4-5,7-8H,3,6H2,1-2H3. The molecule has 0 saturated heterocycles. The van der Waals surface area contributed by atoms with Gasteiger partial charge in [-0.1, -0.05) is 13.0 Å². The summed E-state index contributed by atoms with van der Waals surface area (Å²) in [6.07, 6.45) is 4.43. The molecule has 0 rings (SSSR count). The molecule has 0 aromatic carbocycles. The average molecular weight is 130 g/mol. The molecule has 2 nitrogen and oxygen atoms in total. The van der Waals surface area contributed by atoms with Crippen molar-refractivity contribution in [2.45, 2.75) is 26.4 Å². The van der Waals surface area contributed by atoms with Crippen LogP contribution in [0, 0.1) is 0 Å². The van der Waals surface area contributed by atoms with Gasteiger partial charge >= 0.3 is 0 Å². The summed E-state index contributed by atoms with van der Waals surface area (Å²) in [5.74, 6) is 0. The molecule has 0 amide bonds. The van der Waals surface area contributed by atoms with E-state index in [1.54, 1.807) is 6.26 Å². The van der Waals surface area contributed by atoms with Crippen LogP contribution >= 0.6 is 0 Å². The Labute approximate surface area is 56.1 Å². The van der Waals surface area contributed by atoms with Gasteiger partial charge < -0.3 is 9.84 Å². The van der Waals surface area contributed by atoms with Gasteiger partial charge in [0.05, 0.1) is 12.9 Å². The van der Waals surface area contributed by atoms with Gasteiger partial charge in [0.25, 0.3) is 0 Å². The van der Waals surface area contributed by atoms with Gasteiger partial charge in [0.2, 0.25) is 0 Å². The molecule has 2 heteroatoms. The van der Waals surface area contributed by atoms with Crippen LogP contribution in [0.2, 0.25) is 0 Å². The molecule has 0 aliphatic rings. The number of rotatable bonds is 4. The van der Waals surface area contributed by atoms with Crippen molar-refractivity contribution in [2.75, 3.05) is 6.61 Å². The fraction of sp³-hybridized carbons (Fsp3) is 0.714. The summed E-state index contributed by atoms with van der Waals surface area (Å²) in [4.78, 5) is 0. The lowest BCUT2D eigenvalue weighted by atomic mass is 10.4. The summed E-state index contributed by atoms with van der Waals surface area (Å²) >= 11 is 0. The monoisotopic (exact) mass is 130 g/mol. The topological polar surface area (TPSA) is 29.5 Å². The molecule has 0 aromatic heterocycles. The Morgan fingerprint density at radius 2 is 2.33 bits per heavy atom. The van der Waals surface area contributed by atoms with Gasteiger partial charge in [0.1, 0.15) is 6.10 Å². The van der Waals surface area contributed by atoms with Gasteiger partial charge in [-0.15, -0.1) is 0 Å². The third kappa shape index (κ3) is 5.37. The maximum Gasteiger partial charge on any atom is 0.118 e. The van der Waals surface area contributed by atoms with Gasteiger partial charge in [0, 0.05) is 0 Å². The Morgan fingerprint density at radius 3 is 2.78 bits per heavy atom. The quantitative estimate of drug-likeness (QED) is 0.581. The lowest BCUT2D eigenvalue weighted by molar-refractivity contribution is 0.0912. The molecule has 0 fully saturated rings. The van der Waals surface area contributed by atoms with Crippen LogP contribution < -0.4 is 0 Å². The van der Waals surface area contributed by atoms with Crippen molar-refractivity contribution in [1.82, 2.24) is 0 Å². The van der Waals surface area contributed by atoms with E-state index in [0.29, 0.717) is 0 Å². The van der Waals surface area contributed by atoms with Crippen LogP contribution in [0.3, 0.4) is 0 Å². The molecule has 0 aromatic rings. The van der Waals surface area contributed by atoms with E-state index in [0.717, 1.165) is 6.42 Å². The zero-order valence-corrected chi connectivity index (χ0v) is 6.00. The highest BCUT2D eigenvalue weighted by molar-refractivity contribution is 4.71. The Balaban J connectivity index is 3.15. The summed E-state index contributed by atoms with van der Waals surface area (Å²) in [7, 11) is 0. The fourth-order valence-corrected chi connectivity index (χ4v) is 0.329. The second-order valence-electron chi connectivity index (χ2n) is 1.91. The first kappa shape index (κ1) is 8.50. The van der Waals surface area contributed by atoms with Gasteiger partial charge in [-0.2, -0.15) is 0 Å². The number of hydrogen-bond acceptors (Lipinski definition) is 2. The number of ether oxygens (including phenoxy) is 1. The van der Waals surface area contributed by atoms with Crippen molar-refractivity contribution in [3.05, 3.63) is 12.3 Å². The van der Waals surface area contributed by atoms with E-state index in [-0.39, 0.29) is 12.7 Å². The van der Waals surface area contributed by atoms with Crippen molar-refractivity contribution in [3.63, 3.8) is 0 Å². The lowest BCUT2D eigenvalue weighted by Gasteiger charge is -2.05. The predicted molar refractivity (Wildman–Crippen MR) is 37.1 cm³/mol. The van der Waals surface area contributed by atoms with E-state index in [4.69, 9.17) is 9.84 Å². The van der Waals surface area contributed by atoms with E-state index in [9.17, 15) is 0 Å². The maximum atomic E-state index is 8.48. The number of aliphatic hydroxyl groups is 1. The molecular weight excluding hydrogens is 116 g/mol. The zero-order chi connectivity index (χ0) is 7.11. The predicted octanol–water partition coefficient (Wildman–Crippen LogP) is 1.31. The van der Waals surface area contributed by atoms with Gasteiger partial charge in [-0.05, 0) is 13.3 Å². The van der Waals surface area contributed by atoms with Crippen molar-refractivity contribution in [2.24, 2.45) is 0 Å². The molecule has 0 spiro atoms. The minimum atomic E-state index is -0.0761. The average Bonchev–Trinajstić information content (AvgIpc) is 1.89. The Kier molecular flexibility index (Phi) is 5.32. The molecule has 0 heterocycles. The minimum absolute atomic E-state index is 0.0761. The molecule has 54 valence electrons. The second kappa shape index (κ2) is 5.63. The van der Waals surface area contributed by atoms with E-state index >= 15 is 0 Å². The van der Waals surface area contributed by atoms with Crippen molar-refractivity contribution >= 4 is 0 Å². The first-order valence-electron chi connectivity index (χ1n) is 3.22. The van der Waals surface area contributed by atoms with E-state index in [1.807, 2.05) is 19.9 Å². The van der Waals surface area contributed by atoms with E-state index < -0.39 is 0 Å². The summed E-state index contributed by atoms with van der Waals surface area (Å²) in [5.41, 5.74) is 0. The fourth-order valence-electron chi connectivity index (χ4n) is 0.329. The number of hydrogen-bond donors (Lipinski definition) is 1. The van der Waals surface area contributed by atoms with Gasteiger partial charge in [-0.25, -0.2) is 0 Å². The molecule has 1 unspecified atom stereocenters. The highest BCUT2D eigenvalue weighted by Gasteiger charge is 1.92. The number of aliphatic hydroxyl groups excluding tert-OH is 1. The van der Waals surface area contributed by atoms with Crippen LogP contribution in [0.5, 0.6) is 0 Å². The normalized spacial score (nSPS) is 14.1. The first-order chi connectivity index (χ1) is 4.31. The summed E-state index contributed by atoms with van der Waals surface area (Å²) in [6.45, 7) is 3.93. The third-order valence-electron chi connectivity index (χ3n) is 0.900. The first-order valence-corrected chi connectivity index (χ1v) is 3.22. The van der Waals surface area contributed by atoms with Crippen molar-refractivity contribution in [1.29, 1.82) is 0 Å². The third-order valence-corrected chi connectivity index (χ3v) is 0.900. The largest absolute Gasteiger partial charge is 0.496 e. The molecule has 1 N–H and O–H groups in total. The van der Waals surface area contributed by atoms with Gasteiger partial charge in [-0.3, -0.25) is 0 Å². The molecule has 0 aliphatic carbocycles. The molecule has 9 heavy (non-hydrogen) atoms. The Bertz CT molecular complexity index is 79.0. The van der Waals surface area contributed by atoms with Crippen molar-refractivity contribution < 1.29 is 9.84 Å². The van der Waals surface area contributed by atoms with Crippen molar-refractivity contribution in [3.8, 4) is 0 Å². The molecule has 1 atom stereocenters. The molecule has 0 saturated carbocycles. The van der Waals surface area contributed by atoms with Crippen LogP contribution in [0.1, 0.15) is 20.3 Å². The van der Waals surface area contributed by atoms with Crippen LogP contribution in [-0.4, -0.2) is 17.8 Å². The lowest BCUT2D eigenvalue weighted by Crippen LogP contribution is -2.08. The highest BCUT2D eigenvalue weighted by atomic mass is 16.5. The van der Waals surface area contributed by atoms with Crippen LogP contribution in [0.4, 0.5) is 0 Å². The Hall–Kier alpha value is -0.500. The van der Waals surface area contributed by atoms with E-state index in [1.165, 1.54) is 0 Å². The molecular formula is C7H14O2. The van der Waals surface area contributed by atoms with Gasteiger partial charge in [0.15, 0.2) is 0 Å². The summed E-state index contributed by atoms with van der Waals surface area (Å²) in [5, 5.41) is 8.48. The molecule has 0 radical (unpaired) electrons.